The first-order chi connectivity index (χ1) is 14.7. The summed E-state index contributed by atoms with van der Waals surface area (Å²) >= 11 is 0. The maximum atomic E-state index is 10.2. The molecule has 1 unspecified atom stereocenters. The maximum absolute atomic E-state index is 10.2. The van der Waals surface area contributed by atoms with E-state index in [0.29, 0.717) is 29.6 Å². The molecule has 6 heteroatoms. The average molecular weight is 408 g/mol. The summed E-state index contributed by atoms with van der Waals surface area (Å²) in [5, 5.41) is 14.6. The predicted octanol–water partition coefficient (Wildman–Crippen LogP) is 5.18. The van der Waals surface area contributed by atoms with Crippen LogP contribution in [0.15, 0.2) is 53.1 Å². The SMILES string of the molecule is COc1ccc(-c2cc(C3CCCCCN3Cc3ccccc3O)no2)cc1OC. The zero-order chi connectivity index (χ0) is 20.9. The van der Waals surface area contributed by atoms with Gasteiger partial charge in [0.15, 0.2) is 17.3 Å². The minimum atomic E-state index is 0.157. The normalized spacial score (nSPS) is 17.5. The molecule has 1 fully saturated rings. The number of para-hydroxylation sites is 1. The van der Waals surface area contributed by atoms with Crippen molar-refractivity contribution in [2.24, 2.45) is 0 Å². The van der Waals surface area contributed by atoms with Crippen LogP contribution in [0.2, 0.25) is 0 Å². The zero-order valence-electron chi connectivity index (χ0n) is 17.5. The molecule has 4 rings (SSSR count). The van der Waals surface area contributed by atoms with Crippen molar-refractivity contribution in [2.75, 3.05) is 20.8 Å². The van der Waals surface area contributed by atoms with Crippen molar-refractivity contribution in [3.05, 3.63) is 59.8 Å². The lowest BCUT2D eigenvalue weighted by molar-refractivity contribution is 0.182. The van der Waals surface area contributed by atoms with Crippen LogP contribution in [-0.4, -0.2) is 35.9 Å². The molecule has 3 aromatic rings. The summed E-state index contributed by atoms with van der Waals surface area (Å²) < 4.78 is 16.5. The van der Waals surface area contributed by atoms with Crippen LogP contribution in [0, 0.1) is 0 Å². The number of likely N-dealkylation sites (tertiary alicyclic amines) is 1. The highest BCUT2D eigenvalue weighted by Gasteiger charge is 2.26. The molecule has 0 radical (unpaired) electrons. The number of nitrogens with zero attached hydrogens (tertiary/aromatic N) is 2. The van der Waals surface area contributed by atoms with E-state index in [9.17, 15) is 5.11 Å². The first-order valence-electron chi connectivity index (χ1n) is 10.4. The topological polar surface area (TPSA) is 68.0 Å². The second kappa shape index (κ2) is 9.22. The van der Waals surface area contributed by atoms with Gasteiger partial charge in [0, 0.05) is 23.7 Å². The van der Waals surface area contributed by atoms with Crippen LogP contribution >= 0.6 is 0 Å². The molecular formula is C24H28N2O4. The molecular weight excluding hydrogens is 380 g/mol. The Morgan fingerprint density at radius 2 is 1.87 bits per heavy atom. The van der Waals surface area contributed by atoms with Gasteiger partial charge in [0.25, 0.3) is 0 Å². The van der Waals surface area contributed by atoms with Gasteiger partial charge in [0.2, 0.25) is 0 Å². The summed E-state index contributed by atoms with van der Waals surface area (Å²) in [5.74, 6) is 2.38. The van der Waals surface area contributed by atoms with E-state index in [-0.39, 0.29) is 6.04 Å². The third-order valence-electron chi connectivity index (χ3n) is 5.77. The Balaban J connectivity index is 1.60. The van der Waals surface area contributed by atoms with Crippen LogP contribution in [0.4, 0.5) is 0 Å². The smallest absolute Gasteiger partial charge is 0.167 e. The molecule has 6 nitrogen and oxygen atoms in total. The minimum absolute atomic E-state index is 0.157. The predicted molar refractivity (Wildman–Crippen MR) is 115 cm³/mol. The number of ether oxygens (including phenoxy) is 2. The fraction of sp³-hybridized carbons (Fsp3) is 0.375. The molecule has 0 saturated carbocycles. The minimum Gasteiger partial charge on any atom is -0.508 e. The number of phenols is 1. The molecule has 1 N–H and O–H groups in total. The summed E-state index contributed by atoms with van der Waals surface area (Å²) in [6, 6.07) is 15.4. The number of aromatic nitrogens is 1. The van der Waals surface area contributed by atoms with E-state index in [0.717, 1.165) is 42.6 Å². The quantitative estimate of drug-likeness (QED) is 0.606. The molecule has 1 aromatic heterocycles. The van der Waals surface area contributed by atoms with Gasteiger partial charge in [-0.1, -0.05) is 36.2 Å². The number of phenolic OH excluding ortho intramolecular Hbond substituents is 1. The van der Waals surface area contributed by atoms with Crippen molar-refractivity contribution in [1.29, 1.82) is 0 Å². The highest BCUT2D eigenvalue weighted by atomic mass is 16.5. The van der Waals surface area contributed by atoms with E-state index in [1.54, 1.807) is 20.3 Å². The van der Waals surface area contributed by atoms with Crippen LogP contribution in [0.5, 0.6) is 17.2 Å². The van der Waals surface area contributed by atoms with Crippen LogP contribution in [-0.2, 0) is 6.54 Å². The molecule has 158 valence electrons. The van der Waals surface area contributed by atoms with Crippen molar-refractivity contribution in [3.8, 4) is 28.6 Å². The molecule has 2 heterocycles. The van der Waals surface area contributed by atoms with Gasteiger partial charge < -0.3 is 19.1 Å². The summed E-state index contributed by atoms with van der Waals surface area (Å²) in [6.45, 7) is 1.66. The van der Waals surface area contributed by atoms with Crippen molar-refractivity contribution in [2.45, 2.75) is 38.3 Å². The van der Waals surface area contributed by atoms with Crippen molar-refractivity contribution >= 4 is 0 Å². The lowest BCUT2D eigenvalue weighted by Crippen LogP contribution is -2.28. The first-order valence-corrected chi connectivity index (χ1v) is 10.4. The highest BCUT2D eigenvalue weighted by Crippen LogP contribution is 2.36. The third kappa shape index (κ3) is 4.28. The van der Waals surface area contributed by atoms with Gasteiger partial charge in [-0.05, 0) is 43.7 Å². The van der Waals surface area contributed by atoms with Crippen molar-refractivity contribution < 1.29 is 19.1 Å². The van der Waals surface area contributed by atoms with E-state index in [1.807, 2.05) is 42.5 Å². The molecule has 1 atom stereocenters. The van der Waals surface area contributed by atoms with Gasteiger partial charge in [0.1, 0.15) is 11.4 Å². The Morgan fingerprint density at radius 3 is 2.67 bits per heavy atom. The monoisotopic (exact) mass is 408 g/mol. The first kappa shape index (κ1) is 20.3. The van der Waals surface area contributed by atoms with Gasteiger partial charge in [-0.3, -0.25) is 4.90 Å². The second-order valence-corrected chi connectivity index (χ2v) is 7.65. The second-order valence-electron chi connectivity index (χ2n) is 7.65. The van der Waals surface area contributed by atoms with Crippen LogP contribution < -0.4 is 9.47 Å². The summed E-state index contributed by atoms with van der Waals surface area (Å²) in [5.41, 5.74) is 2.76. The Labute approximate surface area is 177 Å². The average Bonchev–Trinajstić information content (AvgIpc) is 3.15. The molecule has 0 bridgehead atoms. The highest BCUT2D eigenvalue weighted by molar-refractivity contribution is 5.62. The number of aromatic hydroxyl groups is 1. The summed E-state index contributed by atoms with van der Waals surface area (Å²) in [6.07, 6.45) is 4.52. The lowest BCUT2D eigenvalue weighted by atomic mass is 10.0. The Kier molecular flexibility index (Phi) is 6.23. The van der Waals surface area contributed by atoms with Gasteiger partial charge in [-0.15, -0.1) is 0 Å². The lowest BCUT2D eigenvalue weighted by Gasteiger charge is -2.28. The van der Waals surface area contributed by atoms with Gasteiger partial charge in [-0.25, -0.2) is 0 Å². The standard InChI is InChI=1S/C24H28N2O4/c1-28-22-12-11-17(14-24(22)29-2)23-15-19(25-30-23)20-9-4-3-7-13-26(20)16-18-8-5-6-10-21(18)27/h5-6,8,10-12,14-15,20,27H,3-4,7,9,13,16H2,1-2H3. The van der Waals surface area contributed by atoms with E-state index in [4.69, 9.17) is 14.0 Å². The number of methoxy groups -OCH3 is 2. The van der Waals surface area contributed by atoms with Crippen LogP contribution in [0.25, 0.3) is 11.3 Å². The van der Waals surface area contributed by atoms with Crippen molar-refractivity contribution in [1.82, 2.24) is 10.1 Å². The van der Waals surface area contributed by atoms with Crippen LogP contribution in [0.3, 0.4) is 0 Å². The largest absolute Gasteiger partial charge is 0.508 e. The van der Waals surface area contributed by atoms with E-state index < -0.39 is 0 Å². The van der Waals surface area contributed by atoms with Gasteiger partial charge in [-0.2, -0.15) is 0 Å². The molecule has 30 heavy (non-hydrogen) atoms. The molecule has 1 saturated heterocycles. The molecule has 0 aliphatic carbocycles. The zero-order valence-corrected chi connectivity index (χ0v) is 17.5. The number of hydrogen-bond acceptors (Lipinski definition) is 6. The number of rotatable bonds is 6. The number of benzene rings is 2. The number of hydrogen-bond donors (Lipinski definition) is 1. The Hall–Kier alpha value is -2.99. The Morgan fingerprint density at radius 1 is 1.03 bits per heavy atom. The fourth-order valence-electron chi connectivity index (χ4n) is 4.13. The van der Waals surface area contributed by atoms with E-state index in [2.05, 4.69) is 10.1 Å². The molecule has 0 spiro atoms. The fourth-order valence-corrected chi connectivity index (χ4v) is 4.13. The third-order valence-corrected chi connectivity index (χ3v) is 5.77. The van der Waals surface area contributed by atoms with E-state index in [1.165, 1.54) is 6.42 Å². The van der Waals surface area contributed by atoms with Crippen LogP contribution in [0.1, 0.15) is 43.0 Å². The Bertz CT molecular complexity index is 985. The van der Waals surface area contributed by atoms with Crippen molar-refractivity contribution in [3.63, 3.8) is 0 Å². The summed E-state index contributed by atoms with van der Waals surface area (Å²) in [7, 11) is 3.24. The van der Waals surface area contributed by atoms with Gasteiger partial charge in [0.05, 0.1) is 20.3 Å². The molecule has 1 aliphatic rings. The summed E-state index contributed by atoms with van der Waals surface area (Å²) in [4.78, 5) is 2.40. The maximum Gasteiger partial charge on any atom is 0.167 e. The molecule has 1 aliphatic heterocycles. The molecule has 2 aromatic carbocycles. The van der Waals surface area contributed by atoms with Gasteiger partial charge >= 0.3 is 0 Å². The molecule has 0 amide bonds. The van der Waals surface area contributed by atoms with E-state index >= 15 is 0 Å².